The molecule has 5 rings (SSSR count). The van der Waals surface area contributed by atoms with E-state index in [4.69, 9.17) is 16.2 Å². The molecular formula is C40H62FN5O3. The number of nitrogens with two attached hydrogens (primary N) is 2. The van der Waals surface area contributed by atoms with E-state index in [2.05, 4.69) is 50.9 Å². The van der Waals surface area contributed by atoms with Crippen LogP contribution in [0.2, 0.25) is 0 Å². The molecule has 0 saturated carbocycles. The van der Waals surface area contributed by atoms with E-state index in [0.29, 0.717) is 31.9 Å². The summed E-state index contributed by atoms with van der Waals surface area (Å²) in [5.74, 6) is 0.778. The minimum Gasteiger partial charge on any atom is -0.444 e. The fourth-order valence-electron chi connectivity index (χ4n) is 5.47. The van der Waals surface area contributed by atoms with Gasteiger partial charge in [-0.15, -0.1) is 9.60 Å². The number of hydrogen-bond donors (Lipinski definition) is 3. The predicted molar refractivity (Wildman–Crippen MR) is 205 cm³/mol. The van der Waals surface area contributed by atoms with Crippen LogP contribution in [-0.4, -0.2) is 52.9 Å². The minimum absolute atomic E-state index is 0.206. The monoisotopic (exact) mass is 679 g/mol. The zero-order valence-electron chi connectivity index (χ0n) is 31.3. The molecule has 3 heterocycles. The van der Waals surface area contributed by atoms with Crippen LogP contribution < -0.4 is 17.0 Å². The number of anilines is 1. The number of aromatic nitrogens is 1. The number of rotatable bonds is 3. The van der Waals surface area contributed by atoms with E-state index in [9.17, 15) is 14.1 Å². The van der Waals surface area contributed by atoms with Crippen molar-refractivity contribution in [1.82, 2.24) is 15.0 Å². The number of amides is 1. The number of pyridine rings is 1. The van der Waals surface area contributed by atoms with Gasteiger partial charge in [0.25, 0.3) is 0 Å². The summed E-state index contributed by atoms with van der Waals surface area (Å²) in [4.78, 5) is 28.1. The first-order valence-electron chi connectivity index (χ1n) is 17.9. The number of carbonyl (C=O) groups excluding carboxylic acids is 1. The Morgan fingerprint density at radius 1 is 1.06 bits per heavy atom. The zero-order chi connectivity index (χ0) is 36.6. The Hall–Kier alpha value is -3.85. The van der Waals surface area contributed by atoms with Gasteiger partial charge in [0.1, 0.15) is 5.60 Å². The van der Waals surface area contributed by atoms with E-state index < -0.39 is 5.60 Å². The highest BCUT2D eigenvalue weighted by atomic mass is 19.2. The van der Waals surface area contributed by atoms with Gasteiger partial charge in [0.05, 0.1) is 5.52 Å². The second kappa shape index (κ2) is 20.6. The third-order valence-electron chi connectivity index (χ3n) is 8.86. The van der Waals surface area contributed by atoms with Crippen molar-refractivity contribution in [2.75, 3.05) is 31.9 Å². The number of halogens is 1. The molecule has 0 spiro atoms. The Labute approximate surface area is 294 Å². The summed E-state index contributed by atoms with van der Waals surface area (Å²) in [6.07, 6.45) is 17.2. The molecule has 8 nitrogen and oxygen atoms in total. The van der Waals surface area contributed by atoms with Crippen molar-refractivity contribution < 1.29 is 14.0 Å². The molecule has 1 atom stereocenters. The molecule has 5 N–H and O–H groups in total. The first-order chi connectivity index (χ1) is 23.1. The van der Waals surface area contributed by atoms with Crippen molar-refractivity contribution in [2.45, 2.75) is 112 Å². The number of H-pyrrole nitrogens is 1. The molecule has 1 aliphatic carbocycles. The van der Waals surface area contributed by atoms with Crippen LogP contribution in [0.25, 0.3) is 16.5 Å². The summed E-state index contributed by atoms with van der Waals surface area (Å²) in [6.45, 7) is 18.4. The highest BCUT2D eigenvalue weighted by Crippen LogP contribution is 2.27. The second-order valence-corrected chi connectivity index (χ2v) is 14.1. The Bertz CT molecular complexity index is 1530. The summed E-state index contributed by atoms with van der Waals surface area (Å²) in [5, 5.41) is 1.78. The fourth-order valence-corrected chi connectivity index (χ4v) is 5.47. The smallest absolute Gasteiger partial charge is 0.410 e. The third-order valence-corrected chi connectivity index (χ3v) is 8.86. The number of nitrogens with one attached hydrogen (secondary N) is 1. The van der Waals surface area contributed by atoms with Gasteiger partial charge in [-0.2, -0.15) is 0 Å². The molecule has 9 heteroatoms. The van der Waals surface area contributed by atoms with Crippen molar-refractivity contribution in [3.8, 4) is 0 Å². The number of allylic oxidation sites excluding steroid dienone is 6. The van der Waals surface area contributed by atoms with E-state index in [1.165, 1.54) is 42.9 Å². The number of fused-ring (bicyclic) bond motifs is 1. The number of aromatic amines is 1. The molecule has 1 fully saturated rings. The van der Waals surface area contributed by atoms with E-state index >= 15 is 0 Å². The van der Waals surface area contributed by atoms with Crippen LogP contribution in [0.3, 0.4) is 0 Å². The SMILES string of the molecule is CC(C)(C)OC(=O)N1CC=C(c2ccc3[nH]c(=O)cc(N)c3c2)CC1.CC1=CCCC=C1.CCC(C)=C(C)N.CCC1CCCN(F)CC1. The molecule has 2 aromatic rings. The summed E-state index contributed by atoms with van der Waals surface area (Å²) < 4.78 is 18.0. The molecule has 1 amide bonds. The third kappa shape index (κ3) is 15.5. The van der Waals surface area contributed by atoms with E-state index in [1.54, 1.807) is 4.90 Å². The number of carbonyl (C=O) groups is 1. The lowest BCUT2D eigenvalue weighted by molar-refractivity contribution is 0.0270. The summed E-state index contributed by atoms with van der Waals surface area (Å²) in [5.41, 5.74) is 17.8. The number of hydrogen-bond acceptors (Lipinski definition) is 6. The summed E-state index contributed by atoms with van der Waals surface area (Å²) in [6, 6.07) is 7.21. The normalized spacial score (nSPS) is 18.6. The van der Waals surface area contributed by atoms with Crippen LogP contribution >= 0.6 is 0 Å². The number of nitrogen functional groups attached to an aromatic ring is 1. The second-order valence-electron chi connectivity index (χ2n) is 14.1. The largest absolute Gasteiger partial charge is 0.444 e. The maximum atomic E-state index is 12.6. The van der Waals surface area contributed by atoms with Gasteiger partial charge in [0, 0.05) is 49.0 Å². The Morgan fingerprint density at radius 3 is 2.31 bits per heavy atom. The van der Waals surface area contributed by atoms with Crippen LogP contribution in [0.4, 0.5) is 15.0 Å². The van der Waals surface area contributed by atoms with Crippen molar-refractivity contribution >= 4 is 28.3 Å². The van der Waals surface area contributed by atoms with Crippen LogP contribution in [0.5, 0.6) is 0 Å². The van der Waals surface area contributed by atoms with Crippen molar-refractivity contribution in [2.24, 2.45) is 11.7 Å². The average Bonchev–Trinajstić information content (AvgIpc) is 3.28. The summed E-state index contributed by atoms with van der Waals surface area (Å²) >= 11 is 0. The first-order valence-corrected chi connectivity index (χ1v) is 17.9. The maximum absolute atomic E-state index is 12.6. The Kier molecular flexibility index (Phi) is 17.4. The molecule has 49 heavy (non-hydrogen) atoms. The van der Waals surface area contributed by atoms with Gasteiger partial charge in [0.15, 0.2) is 0 Å². The lowest BCUT2D eigenvalue weighted by Crippen LogP contribution is -2.39. The Morgan fingerprint density at radius 2 is 1.80 bits per heavy atom. The van der Waals surface area contributed by atoms with E-state index in [1.807, 2.05) is 52.0 Å². The molecule has 1 aromatic carbocycles. The topological polar surface area (TPSA) is 118 Å². The van der Waals surface area contributed by atoms with Gasteiger partial charge >= 0.3 is 6.09 Å². The molecule has 1 saturated heterocycles. The van der Waals surface area contributed by atoms with Crippen molar-refractivity contribution in [1.29, 1.82) is 0 Å². The Balaban J connectivity index is 0.000000282. The minimum atomic E-state index is -0.492. The molecule has 272 valence electrons. The highest BCUT2D eigenvalue weighted by Gasteiger charge is 2.24. The number of nitrogens with zero attached hydrogens (tertiary/aromatic N) is 2. The molecule has 0 radical (unpaired) electrons. The average molecular weight is 680 g/mol. The maximum Gasteiger partial charge on any atom is 0.410 e. The summed E-state index contributed by atoms with van der Waals surface area (Å²) in [7, 11) is 0. The van der Waals surface area contributed by atoms with Gasteiger partial charge in [-0.05, 0) is 116 Å². The number of ether oxygens (including phenoxy) is 1. The standard InChI is InChI=1S/C19H23N3O3.C8H16FN.C7H10.C6H13N/c1-19(2,3)25-18(24)22-8-6-12(7-9-22)13-4-5-16-14(10-13)15(20)11-17(23)21-16;1-2-8-4-3-6-10(9)7-5-8;1-7-5-3-2-4-6-7;1-4-5(2)6(3)7/h4-6,10-11H,7-9H2,1-3H3,(H3,20,21,23);8H,2-7H2,1H3;3,5-6H,2,4H2,1H3;4,7H2,1-3H3. The van der Waals surface area contributed by atoms with Crippen molar-refractivity contribution in [3.63, 3.8) is 0 Å². The van der Waals surface area contributed by atoms with Crippen molar-refractivity contribution in [3.05, 3.63) is 81.3 Å². The molecular weight excluding hydrogens is 617 g/mol. The van der Waals surface area contributed by atoms with Gasteiger partial charge in [-0.3, -0.25) is 4.79 Å². The highest BCUT2D eigenvalue weighted by molar-refractivity contribution is 5.92. The zero-order valence-corrected chi connectivity index (χ0v) is 31.3. The van der Waals surface area contributed by atoms with E-state index in [-0.39, 0.29) is 11.7 Å². The van der Waals surface area contributed by atoms with Gasteiger partial charge in [-0.1, -0.05) is 61.8 Å². The lowest BCUT2D eigenvalue weighted by Gasteiger charge is -2.29. The number of benzene rings is 1. The molecule has 0 bridgehead atoms. The quantitative estimate of drug-likeness (QED) is 0.278. The van der Waals surface area contributed by atoms with Crippen LogP contribution in [0, 0.1) is 5.92 Å². The lowest BCUT2D eigenvalue weighted by atomic mass is 9.97. The molecule has 3 aliphatic rings. The fraction of sp³-hybridized carbons (Fsp3) is 0.550. The van der Waals surface area contributed by atoms with Gasteiger partial charge in [-0.25, -0.2) is 4.79 Å². The molecule has 2 aliphatic heterocycles. The van der Waals surface area contributed by atoms with Crippen LogP contribution in [0.15, 0.2) is 70.2 Å². The van der Waals surface area contributed by atoms with Crippen LogP contribution in [-0.2, 0) is 4.74 Å². The predicted octanol–water partition coefficient (Wildman–Crippen LogP) is 9.45. The van der Waals surface area contributed by atoms with E-state index in [0.717, 1.165) is 64.5 Å². The molecule has 1 unspecified atom stereocenters. The first kappa shape index (κ1) is 41.3. The van der Waals surface area contributed by atoms with Crippen LogP contribution in [0.1, 0.15) is 112 Å². The van der Waals surface area contributed by atoms with Gasteiger partial charge in [0.2, 0.25) is 5.56 Å². The van der Waals surface area contributed by atoms with Gasteiger partial charge < -0.3 is 26.1 Å². The molecule has 1 aromatic heterocycles.